The van der Waals surface area contributed by atoms with Crippen LogP contribution >= 0.6 is 0 Å². The lowest BCUT2D eigenvalue weighted by molar-refractivity contribution is 0.0559. The Morgan fingerprint density at radius 2 is 1.91 bits per heavy atom. The first-order chi connectivity index (χ1) is 11.1. The monoisotopic (exact) mass is 319 g/mol. The average Bonchev–Trinajstić information content (AvgIpc) is 3.18. The van der Waals surface area contributed by atoms with E-state index in [1.165, 1.54) is 7.11 Å². The van der Waals surface area contributed by atoms with Crippen LogP contribution < -0.4 is 0 Å². The van der Waals surface area contributed by atoms with E-state index in [0.29, 0.717) is 6.54 Å². The number of aryl methyl sites for hydroxylation is 1. The highest BCUT2D eigenvalue weighted by molar-refractivity contribution is 5.86. The van der Waals surface area contributed by atoms with E-state index in [-0.39, 0.29) is 5.76 Å². The van der Waals surface area contributed by atoms with Gasteiger partial charge in [0.25, 0.3) is 0 Å². The van der Waals surface area contributed by atoms with Crippen molar-refractivity contribution >= 4 is 5.97 Å². The summed E-state index contributed by atoms with van der Waals surface area (Å²) in [6.45, 7) is 7.26. The molecule has 0 spiro atoms. The molecule has 0 aromatic carbocycles. The van der Waals surface area contributed by atoms with Crippen LogP contribution in [0.2, 0.25) is 0 Å². The summed E-state index contributed by atoms with van der Waals surface area (Å²) in [4.78, 5) is 16.1. The number of hydrogen-bond donors (Lipinski definition) is 0. The molecule has 2 aromatic heterocycles. The number of furan rings is 1. The van der Waals surface area contributed by atoms with Gasteiger partial charge in [0, 0.05) is 38.8 Å². The zero-order valence-electron chi connectivity index (χ0n) is 13.4. The Morgan fingerprint density at radius 1 is 1.22 bits per heavy atom. The van der Waals surface area contributed by atoms with Crippen molar-refractivity contribution in [1.29, 1.82) is 0 Å². The second kappa shape index (κ2) is 6.97. The number of ether oxygens (including phenoxy) is 1. The van der Waals surface area contributed by atoms with Crippen LogP contribution in [0.25, 0.3) is 0 Å². The van der Waals surface area contributed by atoms with Crippen molar-refractivity contribution in [2.45, 2.75) is 20.0 Å². The van der Waals surface area contributed by atoms with Crippen molar-refractivity contribution in [3.8, 4) is 0 Å². The number of piperazine rings is 1. The van der Waals surface area contributed by atoms with Gasteiger partial charge in [-0.15, -0.1) is 0 Å². The van der Waals surface area contributed by atoms with Crippen LogP contribution in [0.3, 0.4) is 0 Å². The van der Waals surface area contributed by atoms with Crippen molar-refractivity contribution in [3.63, 3.8) is 0 Å². The Labute approximate surface area is 134 Å². The van der Waals surface area contributed by atoms with Crippen LogP contribution in [0.4, 0.5) is 0 Å². The topological polar surface area (TPSA) is 72.0 Å². The first kappa shape index (κ1) is 15.8. The van der Waals surface area contributed by atoms with Crippen LogP contribution in [0.5, 0.6) is 0 Å². The van der Waals surface area contributed by atoms with E-state index < -0.39 is 5.97 Å². The molecule has 0 N–H and O–H groups in total. The zero-order chi connectivity index (χ0) is 16.2. The summed E-state index contributed by atoms with van der Waals surface area (Å²) in [6, 6.07) is 5.46. The molecule has 2 aromatic rings. The van der Waals surface area contributed by atoms with E-state index in [9.17, 15) is 4.79 Å². The number of hydrogen-bond acceptors (Lipinski definition) is 7. The second-order valence-corrected chi connectivity index (χ2v) is 5.74. The molecule has 0 unspecified atom stereocenters. The molecule has 1 fully saturated rings. The van der Waals surface area contributed by atoms with Gasteiger partial charge in [0.15, 0.2) is 0 Å². The quantitative estimate of drug-likeness (QED) is 0.776. The second-order valence-electron chi connectivity index (χ2n) is 5.74. The summed E-state index contributed by atoms with van der Waals surface area (Å²) < 4.78 is 15.3. The van der Waals surface area contributed by atoms with Gasteiger partial charge in [0.05, 0.1) is 19.3 Å². The third-order valence-corrected chi connectivity index (χ3v) is 3.95. The average molecular weight is 319 g/mol. The minimum Gasteiger partial charge on any atom is -0.463 e. The molecule has 124 valence electrons. The molecule has 0 atom stereocenters. The molecule has 1 saturated heterocycles. The van der Waals surface area contributed by atoms with Gasteiger partial charge < -0.3 is 13.7 Å². The van der Waals surface area contributed by atoms with Gasteiger partial charge in [0.2, 0.25) is 5.76 Å². The molecule has 0 amide bonds. The Bertz CT molecular complexity index is 656. The maximum Gasteiger partial charge on any atom is 0.373 e. The molecule has 0 aliphatic carbocycles. The van der Waals surface area contributed by atoms with Crippen LogP contribution in [-0.2, 0) is 17.8 Å². The maximum absolute atomic E-state index is 11.4. The number of carbonyl (C=O) groups excluding carboxylic acids is 1. The molecule has 0 saturated carbocycles. The van der Waals surface area contributed by atoms with Gasteiger partial charge in [-0.2, -0.15) is 0 Å². The summed E-state index contributed by atoms with van der Waals surface area (Å²) in [5.41, 5.74) is 0.977. The highest BCUT2D eigenvalue weighted by atomic mass is 16.5. The largest absolute Gasteiger partial charge is 0.463 e. The Kier molecular flexibility index (Phi) is 4.78. The number of nitrogens with zero attached hydrogens (tertiary/aromatic N) is 3. The fourth-order valence-corrected chi connectivity index (χ4v) is 2.72. The molecule has 7 heteroatoms. The molecule has 1 aliphatic heterocycles. The van der Waals surface area contributed by atoms with Gasteiger partial charge in [-0.1, -0.05) is 5.16 Å². The van der Waals surface area contributed by atoms with Crippen LogP contribution in [-0.4, -0.2) is 54.2 Å². The number of carbonyl (C=O) groups is 1. The summed E-state index contributed by atoms with van der Waals surface area (Å²) in [6.07, 6.45) is 0. The molecular weight excluding hydrogens is 298 g/mol. The van der Waals surface area contributed by atoms with Crippen LogP contribution in [0.1, 0.15) is 27.8 Å². The minimum absolute atomic E-state index is 0.252. The fraction of sp³-hybridized carbons (Fsp3) is 0.500. The summed E-state index contributed by atoms with van der Waals surface area (Å²) in [5, 5.41) is 4.03. The number of methoxy groups -OCH3 is 1. The lowest BCUT2D eigenvalue weighted by Gasteiger charge is -2.33. The van der Waals surface area contributed by atoms with E-state index in [0.717, 1.165) is 49.9 Å². The van der Waals surface area contributed by atoms with Crippen LogP contribution in [0, 0.1) is 6.92 Å². The maximum atomic E-state index is 11.4. The van der Waals surface area contributed by atoms with E-state index in [2.05, 4.69) is 19.7 Å². The highest BCUT2D eigenvalue weighted by Gasteiger charge is 2.20. The Hall–Kier alpha value is -2.12. The normalized spacial score (nSPS) is 16.6. The fourth-order valence-electron chi connectivity index (χ4n) is 2.72. The predicted octanol–water partition coefficient (Wildman–Crippen LogP) is 1.68. The van der Waals surface area contributed by atoms with E-state index in [1.54, 1.807) is 6.07 Å². The number of aromatic nitrogens is 1. The molecule has 7 nitrogen and oxygen atoms in total. The van der Waals surface area contributed by atoms with E-state index >= 15 is 0 Å². The minimum atomic E-state index is -0.441. The summed E-state index contributed by atoms with van der Waals surface area (Å²) in [5.74, 6) is 1.44. The summed E-state index contributed by atoms with van der Waals surface area (Å²) >= 11 is 0. The lowest BCUT2D eigenvalue weighted by Crippen LogP contribution is -2.45. The van der Waals surface area contributed by atoms with Crippen LogP contribution in [0.15, 0.2) is 27.1 Å². The number of esters is 1. The van der Waals surface area contributed by atoms with E-state index in [4.69, 9.17) is 8.94 Å². The SMILES string of the molecule is COC(=O)c1ccc(CN2CCN(Cc3cc(C)on3)CC2)o1. The van der Waals surface area contributed by atoms with Gasteiger partial charge in [-0.3, -0.25) is 9.80 Å². The van der Waals surface area contributed by atoms with Crippen molar-refractivity contribution < 1.29 is 18.5 Å². The third kappa shape index (κ3) is 4.00. The standard InChI is InChI=1S/C16H21N3O4/c1-12-9-13(17-23-12)10-18-5-7-19(8-6-18)11-14-3-4-15(22-14)16(20)21-2/h3-4,9H,5-8,10-11H2,1-2H3. The van der Waals surface area contributed by atoms with Crippen molar-refractivity contribution in [2.75, 3.05) is 33.3 Å². The predicted molar refractivity (Wildman–Crippen MR) is 81.8 cm³/mol. The Balaban J connectivity index is 1.47. The van der Waals surface area contributed by atoms with Gasteiger partial charge in [-0.05, 0) is 19.1 Å². The molecular formula is C16H21N3O4. The summed E-state index contributed by atoms with van der Waals surface area (Å²) in [7, 11) is 1.35. The Morgan fingerprint density at radius 3 is 2.52 bits per heavy atom. The molecule has 23 heavy (non-hydrogen) atoms. The van der Waals surface area contributed by atoms with Gasteiger partial charge in [-0.25, -0.2) is 4.79 Å². The van der Waals surface area contributed by atoms with E-state index in [1.807, 2.05) is 19.1 Å². The van der Waals surface area contributed by atoms with Gasteiger partial charge >= 0.3 is 5.97 Å². The van der Waals surface area contributed by atoms with Crippen molar-refractivity contribution in [1.82, 2.24) is 15.0 Å². The van der Waals surface area contributed by atoms with Crippen molar-refractivity contribution in [3.05, 3.63) is 41.2 Å². The highest BCUT2D eigenvalue weighted by Crippen LogP contribution is 2.14. The molecule has 3 rings (SSSR count). The molecule has 1 aliphatic rings. The molecule has 0 bridgehead atoms. The first-order valence-electron chi connectivity index (χ1n) is 7.68. The van der Waals surface area contributed by atoms with Gasteiger partial charge in [0.1, 0.15) is 11.5 Å². The lowest BCUT2D eigenvalue weighted by atomic mass is 10.2. The number of rotatable bonds is 5. The smallest absolute Gasteiger partial charge is 0.373 e. The molecule has 0 radical (unpaired) electrons. The first-order valence-corrected chi connectivity index (χ1v) is 7.68. The molecule has 3 heterocycles. The zero-order valence-corrected chi connectivity index (χ0v) is 13.4. The van der Waals surface area contributed by atoms with Crippen molar-refractivity contribution in [2.24, 2.45) is 0 Å². The third-order valence-electron chi connectivity index (χ3n) is 3.95.